The number of pyridine rings is 2. The van der Waals surface area contributed by atoms with Crippen LogP contribution >= 0.6 is 34.8 Å². The van der Waals surface area contributed by atoms with E-state index in [9.17, 15) is 4.79 Å². The number of aromatic nitrogens is 2. The highest BCUT2D eigenvalue weighted by molar-refractivity contribution is 6.32. The van der Waals surface area contributed by atoms with E-state index in [0.717, 1.165) is 0 Å². The second-order valence-electron chi connectivity index (χ2n) is 4.07. The average Bonchev–Trinajstić information content (AvgIpc) is 2.57. The molecule has 2 aromatic rings. The largest absolute Gasteiger partial charge is 0.464 e. The molecule has 0 fully saturated rings. The fraction of sp³-hybridized carbons (Fsp3) is 0.214. The molecule has 0 radical (unpaired) electrons. The number of ether oxygens (including phenoxy) is 1. The average molecular weight is 380 g/mol. The standard InChI is InChI=1S/C8H8ClNO3.C6H5Cl2NO/c1-13-8(12)7-2-5(4-11)6(9)3-10-7;7-5-2-9-6(8)1-4(5)3-10/h2-3,11H,4H2,1H3;1-2,10H,3H2. The summed E-state index contributed by atoms with van der Waals surface area (Å²) in [4.78, 5) is 18.4. The summed E-state index contributed by atoms with van der Waals surface area (Å²) >= 11 is 16.8. The van der Waals surface area contributed by atoms with Crippen LogP contribution < -0.4 is 0 Å². The first kappa shape index (κ1) is 19.6. The summed E-state index contributed by atoms with van der Waals surface area (Å²) in [6, 6.07) is 2.93. The Morgan fingerprint density at radius 2 is 1.57 bits per heavy atom. The molecule has 0 saturated carbocycles. The lowest BCUT2D eigenvalue weighted by atomic mass is 10.2. The molecule has 2 N–H and O–H groups in total. The van der Waals surface area contributed by atoms with Gasteiger partial charge in [0.15, 0.2) is 0 Å². The van der Waals surface area contributed by atoms with Crippen molar-refractivity contribution >= 4 is 40.8 Å². The van der Waals surface area contributed by atoms with E-state index in [2.05, 4.69) is 14.7 Å². The maximum absolute atomic E-state index is 11.0. The van der Waals surface area contributed by atoms with Crippen molar-refractivity contribution in [2.24, 2.45) is 0 Å². The maximum Gasteiger partial charge on any atom is 0.356 e. The van der Waals surface area contributed by atoms with Crippen molar-refractivity contribution in [2.45, 2.75) is 13.2 Å². The molecule has 0 spiro atoms. The van der Waals surface area contributed by atoms with E-state index in [1.807, 2.05) is 0 Å². The molecule has 0 bridgehead atoms. The van der Waals surface area contributed by atoms with E-state index in [1.165, 1.54) is 31.6 Å². The van der Waals surface area contributed by atoms with Crippen LogP contribution in [0.25, 0.3) is 0 Å². The number of carbonyl (C=O) groups excluding carboxylic acids is 1. The van der Waals surface area contributed by atoms with Gasteiger partial charge in [-0.15, -0.1) is 0 Å². The number of methoxy groups -OCH3 is 1. The van der Waals surface area contributed by atoms with Gasteiger partial charge in [-0.2, -0.15) is 0 Å². The smallest absolute Gasteiger partial charge is 0.356 e. The van der Waals surface area contributed by atoms with Crippen LogP contribution in [0.15, 0.2) is 24.5 Å². The molecule has 0 aliphatic heterocycles. The fourth-order valence-corrected chi connectivity index (χ4v) is 1.90. The van der Waals surface area contributed by atoms with Crippen molar-refractivity contribution in [2.75, 3.05) is 7.11 Å². The molecule has 0 amide bonds. The molecular weight excluding hydrogens is 367 g/mol. The summed E-state index contributed by atoms with van der Waals surface area (Å²) in [5.74, 6) is -0.550. The molecule has 9 heteroatoms. The molecular formula is C14H13Cl3N2O4. The Hall–Kier alpha value is -1.44. The van der Waals surface area contributed by atoms with Gasteiger partial charge in [-0.05, 0) is 12.1 Å². The first-order chi connectivity index (χ1) is 10.9. The molecule has 2 heterocycles. The van der Waals surface area contributed by atoms with E-state index >= 15 is 0 Å². The van der Waals surface area contributed by atoms with Crippen LogP contribution in [0.1, 0.15) is 21.6 Å². The highest BCUT2D eigenvalue weighted by Gasteiger charge is 2.09. The van der Waals surface area contributed by atoms with Crippen molar-refractivity contribution in [3.63, 3.8) is 0 Å². The van der Waals surface area contributed by atoms with E-state index in [1.54, 1.807) is 0 Å². The third-order valence-electron chi connectivity index (χ3n) is 2.57. The van der Waals surface area contributed by atoms with E-state index in [-0.39, 0.29) is 18.9 Å². The second-order valence-corrected chi connectivity index (χ2v) is 5.27. The number of aliphatic hydroxyl groups excluding tert-OH is 2. The molecule has 23 heavy (non-hydrogen) atoms. The summed E-state index contributed by atoms with van der Waals surface area (Å²) < 4.78 is 4.45. The van der Waals surface area contributed by atoms with Crippen LogP contribution in [0.4, 0.5) is 0 Å². The lowest BCUT2D eigenvalue weighted by Gasteiger charge is -2.02. The highest BCUT2D eigenvalue weighted by atomic mass is 35.5. The molecule has 0 aliphatic carbocycles. The van der Waals surface area contributed by atoms with Gasteiger partial charge < -0.3 is 14.9 Å². The summed E-state index contributed by atoms with van der Waals surface area (Å²) in [5, 5.41) is 18.6. The fourth-order valence-electron chi connectivity index (χ4n) is 1.39. The van der Waals surface area contributed by atoms with Crippen molar-refractivity contribution in [3.05, 3.63) is 56.5 Å². The zero-order valence-corrected chi connectivity index (χ0v) is 14.2. The van der Waals surface area contributed by atoms with Gasteiger partial charge in [0.2, 0.25) is 0 Å². The molecule has 0 unspecified atom stereocenters. The van der Waals surface area contributed by atoms with Gasteiger partial charge in [-0.25, -0.2) is 14.8 Å². The third kappa shape index (κ3) is 5.93. The van der Waals surface area contributed by atoms with Crippen molar-refractivity contribution < 1.29 is 19.7 Å². The number of aliphatic hydroxyl groups is 2. The molecule has 0 aliphatic rings. The Kier molecular flexibility index (Phi) is 8.22. The molecule has 6 nitrogen and oxygen atoms in total. The molecule has 2 rings (SSSR count). The Morgan fingerprint density at radius 1 is 1.04 bits per heavy atom. The first-order valence-corrected chi connectivity index (χ1v) is 7.30. The van der Waals surface area contributed by atoms with Gasteiger partial charge in [0, 0.05) is 23.5 Å². The number of hydrogen-bond donors (Lipinski definition) is 2. The highest BCUT2D eigenvalue weighted by Crippen LogP contribution is 2.17. The number of esters is 1. The van der Waals surface area contributed by atoms with E-state index in [0.29, 0.717) is 26.3 Å². The summed E-state index contributed by atoms with van der Waals surface area (Å²) in [6.45, 7) is -0.341. The van der Waals surface area contributed by atoms with E-state index < -0.39 is 5.97 Å². The van der Waals surface area contributed by atoms with Gasteiger partial charge in [-0.3, -0.25) is 0 Å². The van der Waals surface area contributed by atoms with Crippen LogP contribution in [0, 0.1) is 0 Å². The minimum Gasteiger partial charge on any atom is -0.464 e. The van der Waals surface area contributed by atoms with Crippen LogP contribution in [0.3, 0.4) is 0 Å². The van der Waals surface area contributed by atoms with Gasteiger partial charge in [0.1, 0.15) is 10.8 Å². The van der Waals surface area contributed by atoms with E-state index in [4.69, 9.17) is 45.0 Å². The lowest BCUT2D eigenvalue weighted by Crippen LogP contribution is -2.05. The number of halogens is 3. The van der Waals surface area contributed by atoms with Crippen LogP contribution in [0.5, 0.6) is 0 Å². The zero-order chi connectivity index (χ0) is 17.4. The van der Waals surface area contributed by atoms with Crippen molar-refractivity contribution in [1.29, 1.82) is 0 Å². The number of rotatable bonds is 3. The molecule has 124 valence electrons. The minimum atomic E-state index is -0.550. The first-order valence-electron chi connectivity index (χ1n) is 6.17. The number of hydrogen-bond acceptors (Lipinski definition) is 6. The Balaban J connectivity index is 0.000000238. The minimum absolute atomic E-state index is 0.110. The topological polar surface area (TPSA) is 92.5 Å². The monoisotopic (exact) mass is 378 g/mol. The third-order valence-corrected chi connectivity index (χ3v) is 3.46. The second kappa shape index (κ2) is 9.64. The predicted octanol–water partition coefficient (Wildman–Crippen LogP) is 2.89. The number of nitrogens with zero attached hydrogens (tertiary/aromatic N) is 2. The summed E-state index contributed by atoms with van der Waals surface area (Å²) in [5.41, 5.74) is 1.19. The number of carbonyl (C=O) groups is 1. The molecule has 2 aromatic heterocycles. The van der Waals surface area contributed by atoms with Crippen molar-refractivity contribution in [3.8, 4) is 0 Å². The molecule has 0 atom stereocenters. The van der Waals surface area contributed by atoms with Crippen LogP contribution in [0.2, 0.25) is 15.2 Å². The van der Waals surface area contributed by atoms with Gasteiger partial charge in [0.05, 0.1) is 30.4 Å². The Labute approximate surface area is 147 Å². The Morgan fingerprint density at radius 3 is 2.04 bits per heavy atom. The van der Waals surface area contributed by atoms with Crippen LogP contribution in [-0.4, -0.2) is 33.3 Å². The SMILES string of the molecule is COC(=O)c1cc(CO)c(Cl)cn1.OCc1cc(Cl)ncc1Cl. The summed E-state index contributed by atoms with van der Waals surface area (Å²) in [7, 11) is 1.26. The maximum atomic E-state index is 11.0. The van der Waals surface area contributed by atoms with Gasteiger partial charge in [0.25, 0.3) is 0 Å². The quantitative estimate of drug-likeness (QED) is 0.629. The summed E-state index contributed by atoms with van der Waals surface area (Å²) in [6.07, 6.45) is 2.72. The lowest BCUT2D eigenvalue weighted by molar-refractivity contribution is 0.0594. The van der Waals surface area contributed by atoms with Crippen LogP contribution in [-0.2, 0) is 18.0 Å². The predicted molar refractivity (Wildman–Crippen MR) is 86.7 cm³/mol. The Bertz CT molecular complexity index is 683. The van der Waals surface area contributed by atoms with Gasteiger partial charge >= 0.3 is 5.97 Å². The molecule has 0 saturated heterocycles. The zero-order valence-electron chi connectivity index (χ0n) is 12.0. The van der Waals surface area contributed by atoms with Crippen molar-refractivity contribution in [1.82, 2.24) is 9.97 Å². The van der Waals surface area contributed by atoms with Gasteiger partial charge in [-0.1, -0.05) is 34.8 Å². The normalized spacial score (nSPS) is 9.83. The molecule has 0 aromatic carbocycles.